The van der Waals surface area contributed by atoms with Crippen LogP contribution in [0.1, 0.15) is 33.6 Å². The van der Waals surface area contributed by atoms with Crippen molar-refractivity contribution in [3.63, 3.8) is 0 Å². The first-order chi connectivity index (χ1) is 12.1. The molecule has 25 heavy (non-hydrogen) atoms. The maximum atomic E-state index is 12.4. The first-order valence-electron chi connectivity index (χ1n) is 8.40. The zero-order chi connectivity index (χ0) is 17.6. The third kappa shape index (κ3) is 4.15. The van der Waals surface area contributed by atoms with Crippen LogP contribution in [0.5, 0.6) is 5.75 Å². The van der Waals surface area contributed by atoms with Crippen LogP contribution in [0.4, 0.5) is 0 Å². The van der Waals surface area contributed by atoms with Crippen LogP contribution in [-0.4, -0.2) is 46.4 Å². The SMILES string of the molecule is O=C(NCC1CCN(C(=O)c2cccnc2)CC1)c1ccccc1O. The summed E-state index contributed by atoms with van der Waals surface area (Å²) in [6.07, 6.45) is 4.91. The fourth-order valence-electron chi connectivity index (χ4n) is 3.01. The molecular formula is C19H21N3O3. The lowest BCUT2D eigenvalue weighted by molar-refractivity contribution is 0.0683. The van der Waals surface area contributed by atoms with E-state index in [-0.39, 0.29) is 23.1 Å². The smallest absolute Gasteiger partial charge is 0.255 e. The standard InChI is InChI=1S/C19H21N3O3/c23-17-6-2-1-5-16(17)18(24)21-12-14-7-10-22(11-8-14)19(25)15-4-3-9-20-13-15/h1-6,9,13-14,23H,7-8,10-12H2,(H,21,24). The average Bonchev–Trinajstić information content (AvgIpc) is 2.67. The number of aromatic nitrogens is 1. The van der Waals surface area contributed by atoms with Gasteiger partial charge in [0.2, 0.25) is 0 Å². The molecule has 0 bridgehead atoms. The highest BCUT2D eigenvalue weighted by Crippen LogP contribution is 2.19. The Morgan fingerprint density at radius 3 is 2.60 bits per heavy atom. The molecule has 1 aliphatic rings. The third-order valence-corrected chi connectivity index (χ3v) is 4.51. The molecule has 0 aliphatic carbocycles. The summed E-state index contributed by atoms with van der Waals surface area (Å²) in [5.41, 5.74) is 0.889. The second kappa shape index (κ2) is 7.79. The number of aromatic hydroxyl groups is 1. The zero-order valence-corrected chi connectivity index (χ0v) is 13.9. The van der Waals surface area contributed by atoms with Gasteiger partial charge in [0.25, 0.3) is 11.8 Å². The predicted molar refractivity (Wildman–Crippen MR) is 93.3 cm³/mol. The quantitative estimate of drug-likeness (QED) is 0.893. The summed E-state index contributed by atoms with van der Waals surface area (Å²) >= 11 is 0. The summed E-state index contributed by atoms with van der Waals surface area (Å²) in [6, 6.07) is 10.0. The summed E-state index contributed by atoms with van der Waals surface area (Å²) < 4.78 is 0. The number of nitrogens with zero attached hydrogens (tertiary/aromatic N) is 2. The highest BCUT2D eigenvalue weighted by atomic mass is 16.3. The molecule has 1 aromatic heterocycles. The van der Waals surface area contributed by atoms with Crippen molar-refractivity contribution in [1.29, 1.82) is 0 Å². The van der Waals surface area contributed by atoms with Crippen LogP contribution in [0.2, 0.25) is 0 Å². The highest BCUT2D eigenvalue weighted by molar-refractivity contribution is 5.96. The minimum atomic E-state index is -0.271. The Morgan fingerprint density at radius 2 is 1.92 bits per heavy atom. The van der Waals surface area contributed by atoms with Gasteiger partial charge in [0.05, 0.1) is 11.1 Å². The van der Waals surface area contributed by atoms with Crippen molar-refractivity contribution < 1.29 is 14.7 Å². The van der Waals surface area contributed by atoms with Crippen LogP contribution in [0.3, 0.4) is 0 Å². The van der Waals surface area contributed by atoms with E-state index in [1.165, 1.54) is 6.07 Å². The van der Waals surface area contributed by atoms with Crippen molar-refractivity contribution >= 4 is 11.8 Å². The number of nitrogens with one attached hydrogen (secondary N) is 1. The monoisotopic (exact) mass is 339 g/mol. The van der Waals surface area contributed by atoms with Gasteiger partial charge >= 0.3 is 0 Å². The fraction of sp³-hybridized carbons (Fsp3) is 0.316. The lowest BCUT2D eigenvalue weighted by atomic mass is 9.96. The molecule has 1 aliphatic heterocycles. The van der Waals surface area contributed by atoms with Gasteiger partial charge in [-0.3, -0.25) is 14.6 Å². The van der Waals surface area contributed by atoms with E-state index in [4.69, 9.17) is 0 Å². The van der Waals surface area contributed by atoms with E-state index in [1.54, 1.807) is 42.7 Å². The van der Waals surface area contributed by atoms with Gasteiger partial charge in [-0.1, -0.05) is 12.1 Å². The Balaban J connectivity index is 1.47. The number of hydrogen-bond donors (Lipinski definition) is 2. The Kier molecular flexibility index (Phi) is 5.28. The molecule has 6 heteroatoms. The molecule has 2 N–H and O–H groups in total. The first kappa shape index (κ1) is 17.0. The summed E-state index contributed by atoms with van der Waals surface area (Å²) in [4.78, 5) is 30.3. The van der Waals surface area contributed by atoms with Gasteiger partial charge in [0.15, 0.2) is 0 Å². The van der Waals surface area contributed by atoms with Crippen molar-refractivity contribution in [2.24, 2.45) is 5.92 Å². The van der Waals surface area contributed by atoms with Crippen LogP contribution >= 0.6 is 0 Å². The molecule has 3 rings (SSSR count). The topological polar surface area (TPSA) is 82.5 Å². The molecular weight excluding hydrogens is 318 g/mol. The number of carbonyl (C=O) groups excluding carboxylic acids is 2. The van der Waals surface area contributed by atoms with Gasteiger partial charge in [-0.05, 0) is 43.0 Å². The molecule has 0 radical (unpaired) electrons. The Morgan fingerprint density at radius 1 is 1.16 bits per heavy atom. The van der Waals surface area contributed by atoms with Crippen molar-refractivity contribution in [2.75, 3.05) is 19.6 Å². The molecule has 2 amide bonds. The Labute approximate surface area is 146 Å². The summed E-state index contributed by atoms with van der Waals surface area (Å²) in [5.74, 6) is 0.0430. The van der Waals surface area contributed by atoms with Gasteiger partial charge in [0.1, 0.15) is 5.75 Å². The van der Waals surface area contributed by atoms with E-state index in [1.807, 2.05) is 4.90 Å². The third-order valence-electron chi connectivity index (χ3n) is 4.51. The lowest BCUT2D eigenvalue weighted by Gasteiger charge is -2.32. The molecule has 130 valence electrons. The van der Waals surface area contributed by atoms with E-state index in [9.17, 15) is 14.7 Å². The molecule has 1 fully saturated rings. The largest absolute Gasteiger partial charge is 0.507 e. The lowest BCUT2D eigenvalue weighted by Crippen LogP contribution is -2.41. The molecule has 2 heterocycles. The minimum Gasteiger partial charge on any atom is -0.507 e. The zero-order valence-electron chi connectivity index (χ0n) is 13.9. The van der Waals surface area contributed by atoms with Crippen LogP contribution in [0, 0.1) is 5.92 Å². The number of carbonyl (C=O) groups is 2. The van der Waals surface area contributed by atoms with E-state index in [0.29, 0.717) is 31.1 Å². The minimum absolute atomic E-state index is 0.00444. The second-order valence-electron chi connectivity index (χ2n) is 6.20. The van der Waals surface area contributed by atoms with Crippen molar-refractivity contribution in [2.45, 2.75) is 12.8 Å². The first-order valence-corrected chi connectivity index (χ1v) is 8.40. The molecule has 0 spiro atoms. The molecule has 2 aromatic rings. The Bertz CT molecular complexity index is 741. The maximum Gasteiger partial charge on any atom is 0.255 e. The summed E-state index contributed by atoms with van der Waals surface area (Å²) in [7, 11) is 0. The Hall–Kier alpha value is -2.89. The number of para-hydroxylation sites is 1. The van der Waals surface area contributed by atoms with E-state index in [2.05, 4.69) is 10.3 Å². The van der Waals surface area contributed by atoms with E-state index in [0.717, 1.165) is 12.8 Å². The molecule has 1 aromatic carbocycles. The van der Waals surface area contributed by atoms with Gasteiger partial charge in [0, 0.05) is 32.0 Å². The molecule has 6 nitrogen and oxygen atoms in total. The van der Waals surface area contributed by atoms with Gasteiger partial charge in [-0.25, -0.2) is 0 Å². The van der Waals surface area contributed by atoms with Crippen LogP contribution in [-0.2, 0) is 0 Å². The van der Waals surface area contributed by atoms with Crippen molar-refractivity contribution in [3.05, 3.63) is 59.9 Å². The number of hydrogen-bond acceptors (Lipinski definition) is 4. The second-order valence-corrected chi connectivity index (χ2v) is 6.20. The van der Waals surface area contributed by atoms with Gasteiger partial charge in [-0.15, -0.1) is 0 Å². The fourth-order valence-corrected chi connectivity index (χ4v) is 3.01. The number of phenols is 1. The molecule has 0 unspecified atom stereocenters. The van der Waals surface area contributed by atoms with Crippen molar-refractivity contribution in [3.8, 4) is 5.75 Å². The predicted octanol–water partition coefficient (Wildman–Crippen LogP) is 2.07. The highest BCUT2D eigenvalue weighted by Gasteiger charge is 2.24. The van der Waals surface area contributed by atoms with Crippen LogP contribution in [0.15, 0.2) is 48.8 Å². The normalized spacial score (nSPS) is 15.0. The molecule has 1 saturated heterocycles. The number of amides is 2. The number of phenolic OH excluding ortho intramolecular Hbond substituents is 1. The van der Waals surface area contributed by atoms with Crippen LogP contribution < -0.4 is 5.32 Å². The number of pyridine rings is 1. The number of rotatable bonds is 4. The van der Waals surface area contributed by atoms with E-state index >= 15 is 0 Å². The number of piperidine rings is 1. The average molecular weight is 339 g/mol. The summed E-state index contributed by atoms with van der Waals surface area (Å²) in [6.45, 7) is 1.89. The molecule has 0 saturated carbocycles. The number of benzene rings is 1. The molecule has 0 atom stereocenters. The summed E-state index contributed by atoms with van der Waals surface area (Å²) in [5, 5.41) is 12.6. The number of likely N-dealkylation sites (tertiary alicyclic amines) is 1. The van der Waals surface area contributed by atoms with Gasteiger partial charge in [-0.2, -0.15) is 0 Å². The van der Waals surface area contributed by atoms with Gasteiger partial charge < -0.3 is 15.3 Å². The van der Waals surface area contributed by atoms with Crippen molar-refractivity contribution in [1.82, 2.24) is 15.2 Å². The van der Waals surface area contributed by atoms with E-state index < -0.39 is 0 Å². The maximum absolute atomic E-state index is 12.4. The van der Waals surface area contributed by atoms with Crippen LogP contribution in [0.25, 0.3) is 0 Å².